The molecule has 2 fully saturated rings. The fourth-order valence-corrected chi connectivity index (χ4v) is 3.60. The molecule has 112 valence electrons. The summed E-state index contributed by atoms with van der Waals surface area (Å²) in [6.45, 7) is 12.6. The summed E-state index contributed by atoms with van der Waals surface area (Å²) in [5, 5.41) is 13.0. The second-order valence-electron chi connectivity index (χ2n) is 6.63. The van der Waals surface area contributed by atoms with Crippen molar-refractivity contribution in [3.8, 4) is 0 Å². The molecule has 2 rings (SSSR count). The van der Waals surface area contributed by atoms with Crippen molar-refractivity contribution in [2.24, 2.45) is 0 Å². The summed E-state index contributed by atoms with van der Waals surface area (Å²) in [5.41, 5.74) is -0.124. The zero-order valence-corrected chi connectivity index (χ0v) is 12.9. The topological polar surface area (TPSA) is 38.7 Å². The molecular formula is C15H31N3O. The largest absolute Gasteiger partial charge is 0.394 e. The van der Waals surface area contributed by atoms with E-state index in [1.165, 1.54) is 32.5 Å². The molecule has 2 heterocycles. The average Bonchev–Trinajstić information content (AvgIpc) is 2.83. The highest BCUT2D eigenvalue weighted by atomic mass is 16.3. The molecule has 0 aromatic heterocycles. The zero-order chi connectivity index (χ0) is 13.9. The van der Waals surface area contributed by atoms with E-state index < -0.39 is 0 Å². The Morgan fingerprint density at radius 3 is 2.84 bits per heavy atom. The molecule has 0 spiro atoms. The summed E-state index contributed by atoms with van der Waals surface area (Å²) < 4.78 is 0. The van der Waals surface area contributed by atoms with Crippen LogP contribution in [0.1, 0.15) is 40.0 Å². The van der Waals surface area contributed by atoms with E-state index in [2.05, 4.69) is 35.9 Å². The van der Waals surface area contributed by atoms with Crippen LogP contribution in [0.15, 0.2) is 0 Å². The van der Waals surface area contributed by atoms with E-state index in [0.717, 1.165) is 25.6 Å². The molecule has 3 unspecified atom stereocenters. The molecule has 4 nitrogen and oxygen atoms in total. The van der Waals surface area contributed by atoms with Crippen LogP contribution < -0.4 is 5.32 Å². The quantitative estimate of drug-likeness (QED) is 0.752. The van der Waals surface area contributed by atoms with Gasteiger partial charge in [0.05, 0.1) is 6.61 Å². The SMILES string of the molecule is CCNC(C)(CO)CCN1CC2CCCN2CC1C. The molecule has 2 aliphatic rings. The molecule has 4 heteroatoms. The van der Waals surface area contributed by atoms with Crippen LogP contribution in [-0.4, -0.2) is 71.9 Å². The van der Waals surface area contributed by atoms with Gasteiger partial charge in [0.1, 0.15) is 0 Å². The Labute approximate surface area is 118 Å². The number of piperazine rings is 1. The third-order valence-corrected chi connectivity index (χ3v) is 4.97. The first-order valence-corrected chi connectivity index (χ1v) is 7.92. The molecule has 0 saturated carbocycles. The van der Waals surface area contributed by atoms with Gasteiger partial charge in [-0.1, -0.05) is 6.92 Å². The van der Waals surface area contributed by atoms with Crippen molar-refractivity contribution in [2.75, 3.05) is 39.3 Å². The van der Waals surface area contributed by atoms with Crippen LogP contribution in [0.4, 0.5) is 0 Å². The number of aliphatic hydroxyl groups excluding tert-OH is 1. The van der Waals surface area contributed by atoms with Crippen LogP contribution >= 0.6 is 0 Å². The fraction of sp³-hybridized carbons (Fsp3) is 1.00. The van der Waals surface area contributed by atoms with Gasteiger partial charge in [0.25, 0.3) is 0 Å². The highest BCUT2D eigenvalue weighted by Crippen LogP contribution is 2.25. The number of nitrogens with zero attached hydrogens (tertiary/aromatic N) is 2. The number of fused-ring (bicyclic) bond motifs is 1. The first-order valence-electron chi connectivity index (χ1n) is 7.92. The van der Waals surface area contributed by atoms with Gasteiger partial charge in [-0.25, -0.2) is 0 Å². The Balaban J connectivity index is 1.84. The second-order valence-corrected chi connectivity index (χ2v) is 6.63. The third kappa shape index (κ3) is 3.69. The molecule has 0 aliphatic carbocycles. The van der Waals surface area contributed by atoms with Gasteiger partial charge in [-0.15, -0.1) is 0 Å². The summed E-state index contributed by atoms with van der Waals surface area (Å²) >= 11 is 0. The van der Waals surface area contributed by atoms with E-state index in [0.29, 0.717) is 6.04 Å². The van der Waals surface area contributed by atoms with Crippen LogP contribution in [0.2, 0.25) is 0 Å². The number of aliphatic hydroxyl groups is 1. The molecule has 0 radical (unpaired) electrons. The minimum Gasteiger partial charge on any atom is -0.394 e. The lowest BCUT2D eigenvalue weighted by Gasteiger charge is -2.43. The van der Waals surface area contributed by atoms with E-state index >= 15 is 0 Å². The molecule has 0 aromatic carbocycles. The Morgan fingerprint density at radius 2 is 2.16 bits per heavy atom. The fourth-order valence-electron chi connectivity index (χ4n) is 3.60. The summed E-state index contributed by atoms with van der Waals surface area (Å²) in [7, 11) is 0. The summed E-state index contributed by atoms with van der Waals surface area (Å²) in [4.78, 5) is 5.29. The Bertz CT molecular complexity index is 287. The average molecular weight is 269 g/mol. The second kappa shape index (κ2) is 6.53. The highest BCUT2D eigenvalue weighted by Gasteiger charge is 2.35. The maximum atomic E-state index is 9.57. The molecule has 2 aliphatic heterocycles. The van der Waals surface area contributed by atoms with Gasteiger partial charge in [0, 0.05) is 37.3 Å². The lowest BCUT2D eigenvalue weighted by Crippen LogP contribution is -2.56. The molecule has 19 heavy (non-hydrogen) atoms. The van der Waals surface area contributed by atoms with E-state index in [1.54, 1.807) is 0 Å². The van der Waals surface area contributed by atoms with Crippen molar-refractivity contribution in [1.29, 1.82) is 0 Å². The van der Waals surface area contributed by atoms with Crippen LogP contribution in [0.3, 0.4) is 0 Å². The lowest BCUT2D eigenvalue weighted by atomic mass is 9.97. The number of rotatable bonds is 6. The summed E-state index contributed by atoms with van der Waals surface area (Å²) in [5.74, 6) is 0. The van der Waals surface area contributed by atoms with Gasteiger partial charge >= 0.3 is 0 Å². The lowest BCUT2D eigenvalue weighted by molar-refractivity contribution is 0.0479. The number of nitrogens with one attached hydrogen (secondary N) is 1. The van der Waals surface area contributed by atoms with E-state index in [1.807, 2.05) is 0 Å². The number of hydrogen-bond donors (Lipinski definition) is 2. The van der Waals surface area contributed by atoms with Crippen molar-refractivity contribution >= 4 is 0 Å². The maximum Gasteiger partial charge on any atom is 0.0611 e. The Morgan fingerprint density at radius 1 is 1.37 bits per heavy atom. The van der Waals surface area contributed by atoms with Crippen molar-refractivity contribution in [2.45, 2.75) is 57.7 Å². The minimum atomic E-state index is -0.124. The molecule has 2 N–H and O–H groups in total. The van der Waals surface area contributed by atoms with Crippen molar-refractivity contribution in [3.05, 3.63) is 0 Å². The van der Waals surface area contributed by atoms with Gasteiger partial charge in [0.2, 0.25) is 0 Å². The van der Waals surface area contributed by atoms with Crippen molar-refractivity contribution in [3.63, 3.8) is 0 Å². The van der Waals surface area contributed by atoms with Crippen LogP contribution in [-0.2, 0) is 0 Å². The third-order valence-electron chi connectivity index (χ3n) is 4.97. The number of likely N-dealkylation sites (N-methyl/N-ethyl adjacent to an activating group) is 1. The maximum absolute atomic E-state index is 9.57. The highest BCUT2D eigenvalue weighted by molar-refractivity contribution is 4.92. The number of hydrogen-bond acceptors (Lipinski definition) is 4. The standard InChI is InChI=1S/C15H31N3O/c1-4-16-15(3,12-19)7-9-17-11-14-6-5-8-18(14)10-13(17)2/h13-14,16,19H,4-12H2,1-3H3. The monoisotopic (exact) mass is 269 g/mol. The summed E-state index contributed by atoms with van der Waals surface area (Å²) in [6.07, 6.45) is 3.76. The van der Waals surface area contributed by atoms with E-state index in [9.17, 15) is 5.11 Å². The molecule has 0 aromatic rings. The van der Waals surface area contributed by atoms with Gasteiger partial charge in [0.15, 0.2) is 0 Å². The van der Waals surface area contributed by atoms with Crippen molar-refractivity contribution in [1.82, 2.24) is 15.1 Å². The smallest absolute Gasteiger partial charge is 0.0611 e. The molecule has 2 saturated heterocycles. The van der Waals surface area contributed by atoms with Gasteiger partial charge < -0.3 is 10.4 Å². The van der Waals surface area contributed by atoms with Gasteiger partial charge in [-0.05, 0) is 46.2 Å². The Hall–Kier alpha value is -0.160. The normalized spacial score (nSPS) is 32.2. The molecular weight excluding hydrogens is 238 g/mol. The molecule has 3 atom stereocenters. The van der Waals surface area contributed by atoms with Crippen LogP contribution in [0.5, 0.6) is 0 Å². The Kier molecular flexibility index (Phi) is 5.23. The summed E-state index contributed by atoms with van der Waals surface area (Å²) in [6, 6.07) is 1.44. The van der Waals surface area contributed by atoms with E-state index in [4.69, 9.17) is 0 Å². The minimum absolute atomic E-state index is 0.124. The van der Waals surface area contributed by atoms with Gasteiger partial charge in [-0.3, -0.25) is 9.80 Å². The molecule has 0 bridgehead atoms. The van der Waals surface area contributed by atoms with Crippen LogP contribution in [0, 0.1) is 0 Å². The van der Waals surface area contributed by atoms with E-state index in [-0.39, 0.29) is 12.1 Å². The first-order chi connectivity index (χ1) is 9.08. The zero-order valence-electron chi connectivity index (χ0n) is 12.9. The first kappa shape index (κ1) is 15.2. The van der Waals surface area contributed by atoms with Crippen LogP contribution in [0.25, 0.3) is 0 Å². The molecule has 0 amide bonds. The predicted octanol–water partition coefficient (Wildman–Crippen LogP) is 0.906. The predicted molar refractivity (Wildman–Crippen MR) is 79.4 cm³/mol. The van der Waals surface area contributed by atoms with Gasteiger partial charge in [-0.2, -0.15) is 0 Å². The van der Waals surface area contributed by atoms with Crippen molar-refractivity contribution < 1.29 is 5.11 Å².